The number of nitrogens with zero attached hydrogens (tertiary/aromatic N) is 2. The van der Waals surface area contributed by atoms with Gasteiger partial charge in [-0.1, -0.05) is 18.2 Å². The van der Waals surface area contributed by atoms with Gasteiger partial charge in [0.2, 0.25) is 0 Å². The van der Waals surface area contributed by atoms with Crippen molar-refractivity contribution < 1.29 is 14.3 Å². The van der Waals surface area contributed by atoms with Crippen LogP contribution in [-0.2, 0) is 11.3 Å². The van der Waals surface area contributed by atoms with Crippen molar-refractivity contribution >= 4 is 16.9 Å². The maximum Gasteiger partial charge on any atom is 0.193 e. The second kappa shape index (κ2) is 7.89. The molecule has 0 radical (unpaired) electrons. The molecule has 1 fully saturated rings. The number of aliphatic imine (C=N–C) groups is 1. The van der Waals surface area contributed by atoms with E-state index in [0.29, 0.717) is 26.3 Å². The SMILES string of the molecule is CN=C(NCC1(CO)CCOCC1)N(C)Cc1cc2ccccc2o1. The summed E-state index contributed by atoms with van der Waals surface area (Å²) >= 11 is 0. The minimum Gasteiger partial charge on any atom is -0.459 e. The molecular weight excluding hydrogens is 318 g/mol. The standard InChI is InChI=1S/C19H27N3O3/c1-20-18(21-13-19(14-23)7-9-24-10-8-19)22(2)12-16-11-15-5-3-4-6-17(15)25-16/h3-6,11,23H,7-10,12-14H2,1-2H3,(H,20,21). The molecular formula is C19H27N3O3. The highest BCUT2D eigenvalue weighted by molar-refractivity contribution is 5.80. The van der Waals surface area contributed by atoms with Gasteiger partial charge in [0.15, 0.2) is 5.96 Å². The monoisotopic (exact) mass is 345 g/mol. The third kappa shape index (κ3) is 4.14. The summed E-state index contributed by atoms with van der Waals surface area (Å²) in [6.45, 7) is 2.88. The lowest BCUT2D eigenvalue weighted by atomic mass is 9.81. The lowest BCUT2D eigenvalue weighted by molar-refractivity contribution is -0.0134. The summed E-state index contributed by atoms with van der Waals surface area (Å²) in [7, 11) is 3.76. The molecule has 1 aromatic heterocycles. The van der Waals surface area contributed by atoms with Gasteiger partial charge in [-0.3, -0.25) is 4.99 Å². The molecule has 1 aliphatic rings. The molecule has 1 saturated heterocycles. The van der Waals surface area contributed by atoms with Crippen molar-refractivity contribution in [1.82, 2.24) is 10.2 Å². The number of furan rings is 1. The second-order valence-corrected chi connectivity index (χ2v) is 6.78. The minimum absolute atomic E-state index is 0.131. The highest BCUT2D eigenvalue weighted by Crippen LogP contribution is 2.29. The molecule has 2 N–H and O–H groups in total. The Labute approximate surface area is 148 Å². The number of para-hydroxylation sites is 1. The van der Waals surface area contributed by atoms with E-state index < -0.39 is 0 Å². The van der Waals surface area contributed by atoms with Crippen LogP contribution in [0.2, 0.25) is 0 Å². The van der Waals surface area contributed by atoms with E-state index in [1.165, 1.54) is 0 Å². The van der Waals surface area contributed by atoms with Gasteiger partial charge < -0.3 is 24.5 Å². The van der Waals surface area contributed by atoms with E-state index >= 15 is 0 Å². The Kier molecular flexibility index (Phi) is 5.60. The molecule has 0 spiro atoms. The van der Waals surface area contributed by atoms with E-state index in [4.69, 9.17) is 9.15 Å². The van der Waals surface area contributed by atoms with Crippen molar-refractivity contribution in [1.29, 1.82) is 0 Å². The zero-order valence-electron chi connectivity index (χ0n) is 15.0. The normalized spacial score (nSPS) is 17.6. The fraction of sp³-hybridized carbons (Fsp3) is 0.526. The number of fused-ring (bicyclic) bond motifs is 1. The molecule has 0 unspecified atom stereocenters. The number of rotatable bonds is 5. The Morgan fingerprint density at radius 2 is 2.08 bits per heavy atom. The van der Waals surface area contributed by atoms with Crippen LogP contribution in [0.15, 0.2) is 39.7 Å². The summed E-state index contributed by atoms with van der Waals surface area (Å²) < 4.78 is 11.3. The number of hydrogen-bond donors (Lipinski definition) is 2. The first kappa shape index (κ1) is 17.8. The van der Waals surface area contributed by atoms with Crippen LogP contribution in [0.3, 0.4) is 0 Å². The van der Waals surface area contributed by atoms with Crippen molar-refractivity contribution in [3.8, 4) is 0 Å². The Morgan fingerprint density at radius 1 is 1.32 bits per heavy atom. The van der Waals surface area contributed by atoms with Crippen molar-refractivity contribution in [2.45, 2.75) is 19.4 Å². The number of aliphatic hydroxyl groups excluding tert-OH is 1. The Morgan fingerprint density at radius 3 is 2.76 bits per heavy atom. The molecule has 1 aromatic carbocycles. The summed E-state index contributed by atoms with van der Waals surface area (Å²) in [4.78, 5) is 6.39. The van der Waals surface area contributed by atoms with Gasteiger partial charge in [-0.2, -0.15) is 0 Å². The molecule has 0 atom stereocenters. The Bertz CT molecular complexity index is 687. The lowest BCUT2D eigenvalue weighted by Crippen LogP contribution is -2.47. The molecule has 6 nitrogen and oxygen atoms in total. The molecule has 0 bridgehead atoms. The van der Waals surface area contributed by atoms with Crippen LogP contribution in [0.1, 0.15) is 18.6 Å². The van der Waals surface area contributed by atoms with Gasteiger partial charge in [-0.25, -0.2) is 0 Å². The van der Waals surface area contributed by atoms with Crippen molar-refractivity contribution in [2.75, 3.05) is 40.5 Å². The third-order valence-electron chi connectivity index (χ3n) is 4.95. The van der Waals surface area contributed by atoms with Crippen molar-refractivity contribution in [3.05, 3.63) is 36.1 Å². The van der Waals surface area contributed by atoms with E-state index in [9.17, 15) is 5.11 Å². The number of nitrogens with one attached hydrogen (secondary N) is 1. The van der Waals surface area contributed by atoms with Gasteiger partial charge in [0.1, 0.15) is 11.3 Å². The second-order valence-electron chi connectivity index (χ2n) is 6.78. The molecule has 1 aliphatic heterocycles. The summed E-state index contributed by atoms with van der Waals surface area (Å²) in [5, 5.41) is 14.3. The van der Waals surface area contributed by atoms with Crippen molar-refractivity contribution in [2.24, 2.45) is 10.4 Å². The number of benzene rings is 1. The van der Waals surface area contributed by atoms with Crippen LogP contribution < -0.4 is 5.32 Å². The molecule has 0 amide bonds. The van der Waals surface area contributed by atoms with Gasteiger partial charge >= 0.3 is 0 Å². The number of aliphatic hydroxyl groups is 1. The molecule has 3 rings (SSSR count). The molecule has 2 heterocycles. The molecule has 0 aliphatic carbocycles. The number of ether oxygens (including phenoxy) is 1. The maximum atomic E-state index is 9.82. The van der Waals surface area contributed by atoms with Gasteiger partial charge in [0.25, 0.3) is 0 Å². The average Bonchev–Trinajstić information content (AvgIpc) is 3.05. The summed E-state index contributed by atoms with van der Waals surface area (Å²) in [6.07, 6.45) is 1.72. The first-order valence-electron chi connectivity index (χ1n) is 8.74. The topological polar surface area (TPSA) is 70.2 Å². The quantitative estimate of drug-likeness (QED) is 0.642. The fourth-order valence-corrected chi connectivity index (χ4v) is 3.27. The van der Waals surface area contributed by atoms with E-state index in [0.717, 1.165) is 35.5 Å². The van der Waals surface area contributed by atoms with Gasteiger partial charge in [0, 0.05) is 44.7 Å². The molecule has 0 saturated carbocycles. The Balaban J connectivity index is 1.62. The van der Waals surface area contributed by atoms with Crippen LogP contribution in [-0.4, -0.2) is 56.4 Å². The summed E-state index contributed by atoms with van der Waals surface area (Å²) in [6, 6.07) is 10.1. The van der Waals surface area contributed by atoms with Crippen LogP contribution in [0.4, 0.5) is 0 Å². The largest absolute Gasteiger partial charge is 0.459 e. The number of hydrogen-bond acceptors (Lipinski definition) is 4. The zero-order valence-corrected chi connectivity index (χ0v) is 15.0. The third-order valence-corrected chi connectivity index (χ3v) is 4.95. The van der Waals surface area contributed by atoms with E-state index in [1.54, 1.807) is 7.05 Å². The minimum atomic E-state index is -0.131. The van der Waals surface area contributed by atoms with Crippen LogP contribution in [0.5, 0.6) is 0 Å². The Hall–Kier alpha value is -2.05. The smallest absolute Gasteiger partial charge is 0.193 e. The molecule has 2 aromatic rings. The first-order chi connectivity index (χ1) is 12.2. The fourth-order valence-electron chi connectivity index (χ4n) is 3.27. The van der Waals surface area contributed by atoms with E-state index in [-0.39, 0.29) is 12.0 Å². The summed E-state index contributed by atoms with van der Waals surface area (Å²) in [5.74, 6) is 1.69. The highest BCUT2D eigenvalue weighted by Gasteiger charge is 2.32. The van der Waals surface area contributed by atoms with Gasteiger partial charge in [0.05, 0.1) is 13.2 Å². The van der Waals surface area contributed by atoms with Crippen LogP contribution >= 0.6 is 0 Å². The predicted octanol–water partition coefficient (Wildman–Crippen LogP) is 2.23. The van der Waals surface area contributed by atoms with E-state index in [1.807, 2.05) is 36.2 Å². The lowest BCUT2D eigenvalue weighted by Gasteiger charge is -2.36. The van der Waals surface area contributed by atoms with Crippen molar-refractivity contribution in [3.63, 3.8) is 0 Å². The molecule has 136 valence electrons. The van der Waals surface area contributed by atoms with Crippen LogP contribution in [0, 0.1) is 5.41 Å². The van der Waals surface area contributed by atoms with Gasteiger partial charge in [-0.15, -0.1) is 0 Å². The maximum absolute atomic E-state index is 9.82. The predicted molar refractivity (Wildman–Crippen MR) is 98.6 cm³/mol. The molecule has 6 heteroatoms. The van der Waals surface area contributed by atoms with Crippen LogP contribution in [0.25, 0.3) is 11.0 Å². The number of guanidine groups is 1. The zero-order chi connectivity index (χ0) is 17.7. The van der Waals surface area contributed by atoms with Gasteiger partial charge in [-0.05, 0) is 25.0 Å². The average molecular weight is 345 g/mol. The first-order valence-corrected chi connectivity index (χ1v) is 8.74. The molecule has 25 heavy (non-hydrogen) atoms. The van der Waals surface area contributed by atoms with E-state index in [2.05, 4.69) is 16.4 Å². The summed E-state index contributed by atoms with van der Waals surface area (Å²) in [5.41, 5.74) is 0.768. The highest BCUT2D eigenvalue weighted by atomic mass is 16.5.